The third kappa shape index (κ3) is 6.56. The van der Waals surface area contributed by atoms with Crippen LogP contribution in [0.15, 0.2) is 72.9 Å². The molecule has 214 valence electrons. The second-order valence-electron chi connectivity index (χ2n) is 11.3. The van der Waals surface area contributed by atoms with Crippen LogP contribution in [0, 0.1) is 11.7 Å². The van der Waals surface area contributed by atoms with E-state index >= 15 is 0 Å². The van der Waals surface area contributed by atoms with Gasteiger partial charge in [-0.05, 0) is 68.9 Å². The van der Waals surface area contributed by atoms with E-state index in [9.17, 15) is 23.9 Å². The second-order valence-corrected chi connectivity index (χ2v) is 11.3. The van der Waals surface area contributed by atoms with Crippen molar-refractivity contribution in [3.8, 4) is 11.3 Å². The number of carboxylic acid groups (broad SMARTS) is 1. The lowest BCUT2D eigenvalue weighted by Gasteiger charge is -2.48. The molecule has 5 rings (SSSR count). The van der Waals surface area contributed by atoms with Crippen LogP contribution >= 0.6 is 0 Å². The summed E-state index contributed by atoms with van der Waals surface area (Å²) >= 11 is 0. The van der Waals surface area contributed by atoms with Crippen molar-refractivity contribution in [1.82, 2.24) is 20.1 Å². The third-order valence-electron chi connectivity index (χ3n) is 8.30. The van der Waals surface area contributed by atoms with E-state index in [1.807, 2.05) is 42.2 Å². The fraction of sp³-hybridized carbons (Fsp3) is 0.375. The number of hydrogen-bond donors (Lipinski definition) is 2. The van der Waals surface area contributed by atoms with E-state index in [-0.39, 0.29) is 36.1 Å². The summed E-state index contributed by atoms with van der Waals surface area (Å²) in [6.45, 7) is 2.93. The summed E-state index contributed by atoms with van der Waals surface area (Å²) in [4.78, 5) is 46.0. The highest BCUT2D eigenvalue weighted by Gasteiger charge is 2.43. The van der Waals surface area contributed by atoms with Gasteiger partial charge in [0.25, 0.3) is 5.91 Å². The number of rotatable bonds is 6. The molecule has 0 radical (unpaired) electrons. The second kappa shape index (κ2) is 12.1. The van der Waals surface area contributed by atoms with Crippen molar-refractivity contribution < 1.29 is 23.9 Å². The maximum absolute atomic E-state index is 13.5. The molecule has 8 nitrogen and oxygen atoms in total. The molecule has 2 aliphatic rings. The number of aromatic nitrogens is 1. The zero-order chi connectivity index (χ0) is 29.0. The molecule has 41 heavy (non-hydrogen) atoms. The molecule has 1 saturated heterocycles. The SMILES string of the molecule is C[C@]1(Cc2ccccc2)CN(C(=O)C2CCC(NC(=O)c3ccc(-c4cccc(F)c4)nc3)CC2)CCN1C(=O)O. The molecule has 1 aromatic heterocycles. The summed E-state index contributed by atoms with van der Waals surface area (Å²) in [5.41, 5.74) is 1.97. The van der Waals surface area contributed by atoms with Gasteiger partial charge in [0.05, 0.1) is 16.8 Å². The number of carbonyl (C=O) groups is 3. The van der Waals surface area contributed by atoms with Crippen LogP contribution < -0.4 is 5.32 Å². The fourth-order valence-corrected chi connectivity index (χ4v) is 6.13. The topological polar surface area (TPSA) is 103 Å². The van der Waals surface area contributed by atoms with Gasteiger partial charge in [0.2, 0.25) is 5.91 Å². The molecule has 2 fully saturated rings. The first-order valence-electron chi connectivity index (χ1n) is 14.1. The summed E-state index contributed by atoms with van der Waals surface area (Å²) in [6.07, 6.45) is 3.75. The molecule has 1 atom stereocenters. The van der Waals surface area contributed by atoms with Crippen LogP contribution in [0.5, 0.6) is 0 Å². The van der Waals surface area contributed by atoms with Gasteiger partial charge in [-0.15, -0.1) is 0 Å². The summed E-state index contributed by atoms with van der Waals surface area (Å²) in [5.74, 6) is -0.646. The van der Waals surface area contributed by atoms with E-state index in [0.717, 1.165) is 5.56 Å². The molecule has 3 aromatic rings. The van der Waals surface area contributed by atoms with Gasteiger partial charge in [-0.3, -0.25) is 19.5 Å². The van der Waals surface area contributed by atoms with E-state index in [1.54, 1.807) is 24.3 Å². The minimum atomic E-state index is -0.967. The standard InChI is InChI=1S/C32H35FN4O4/c1-32(19-22-6-3-2-4-7-22)21-36(16-17-37(32)31(40)41)30(39)23-10-13-27(14-11-23)35-29(38)25-12-15-28(34-20-25)24-8-5-9-26(33)18-24/h2-9,12,15,18,20,23,27H,10-11,13-14,16-17,19,21H2,1H3,(H,35,38)(H,40,41)/t23?,27?,32-/m0/s1. The number of amides is 3. The molecule has 2 heterocycles. The van der Waals surface area contributed by atoms with Crippen molar-refractivity contribution in [3.63, 3.8) is 0 Å². The molecule has 9 heteroatoms. The molecule has 3 amide bonds. The maximum Gasteiger partial charge on any atom is 0.407 e. The molecule has 1 aliphatic heterocycles. The van der Waals surface area contributed by atoms with Gasteiger partial charge in [-0.25, -0.2) is 9.18 Å². The number of hydrogen-bond acceptors (Lipinski definition) is 4. The van der Waals surface area contributed by atoms with Crippen molar-refractivity contribution >= 4 is 17.9 Å². The van der Waals surface area contributed by atoms with Gasteiger partial charge in [-0.2, -0.15) is 0 Å². The molecular formula is C32H35FN4O4. The van der Waals surface area contributed by atoms with Gasteiger partial charge in [0.15, 0.2) is 0 Å². The molecule has 0 bridgehead atoms. The summed E-state index contributed by atoms with van der Waals surface area (Å²) < 4.78 is 13.5. The first kappa shape index (κ1) is 28.3. The highest BCUT2D eigenvalue weighted by atomic mass is 19.1. The normalized spacial score (nSPS) is 22.7. The van der Waals surface area contributed by atoms with Gasteiger partial charge in [0.1, 0.15) is 5.82 Å². The van der Waals surface area contributed by atoms with Crippen LogP contribution in [0.1, 0.15) is 48.5 Å². The maximum atomic E-state index is 13.5. The molecule has 2 aromatic carbocycles. The van der Waals surface area contributed by atoms with Crippen molar-refractivity contribution in [3.05, 3.63) is 89.9 Å². The Hall–Kier alpha value is -4.27. The quantitative estimate of drug-likeness (QED) is 0.443. The van der Waals surface area contributed by atoms with Gasteiger partial charge >= 0.3 is 6.09 Å². The van der Waals surface area contributed by atoms with Crippen LogP contribution in [-0.2, 0) is 11.2 Å². The molecule has 2 N–H and O–H groups in total. The largest absolute Gasteiger partial charge is 0.465 e. The number of benzene rings is 2. The number of halogens is 1. The Morgan fingerprint density at radius 3 is 2.41 bits per heavy atom. The molecule has 1 aliphatic carbocycles. The van der Waals surface area contributed by atoms with E-state index < -0.39 is 11.6 Å². The van der Waals surface area contributed by atoms with Crippen LogP contribution in [0.25, 0.3) is 11.3 Å². The molecule has 0 unspecified atom stereocenters. The Kier molecular flexibility index (Phi) is 8.33. The predicted octanol–water partition coefficient (Wildman–Crippen LogP) is 5.00. The monoisotopic (exact) mass is 558 g/mol. The van der Waals surface area contributed by atoms with Crippen molar-refractivity contribution in [2.75, 3.05) is 19.6 Å². The van der Waals surface area contributed by atoms with Crippen molar-refractivity contribution in [2.45, 2.75) is 50.6 Å². The van der Waals surface area contributed by atoms with Crippen LogP contribution in [0.3, 0.4) is 0 Å². The average molecular weight is 559 g/mol. The van der Waals surface area contributed by atoms with Gasteiger partial charge in [0, 0.05) is 43.4 Å². The number of nitrogens with one attached hydrogen (secondary N) is 1. The minimum Gasteiger partial charge on any atom is -0.465 e. The Bertz CT molecular complexity index is 1390. The average Bonchev–Trinajstić information content (AvgIpc) is 2.97. The predicted molar refractivity (Wildman–Crippen MR) is 153 cm³/mol. The van der Waals surface area contributed by atoms with Crippen LogP contribution in [-0.4, -0.2) is 69.0 Å². The fourth-order valence-electron chi connectivity index (χ4n) is 6.13. The Morgan fingerprint density at radius 2 is 1.76 bits per heavy atom. The number of piperazine rings is 1. The number of pyridine rings is 1. The van der Waals surface area contributed by atoms with Gasteiger partial charge < -0.3 is 15.3 Å². The molecule has 0 spiro atoms. The lowest BCUT2D eigenvalue weighted by molar-refractivity contribution is -0.141. The van der Waals surface area contributed by atoms with Crippen molar-refractivity contribution in [1.29, 1.82) is 0 Å². The van der Waals surface area contributed by atoms with E-state index in [0.29, 0.717) is 62.0 Å². The zero-order valence-corrected chi connectivity index (χ0v) is 23.1. The van der Waals surface area contributed by atoms with Crippen LogP contribution in [0.2, 0.25) is 0 Å². The zero-order valence-electron chi connectivity index (χ0n) is 23.1. The van der Waals surface area contributed by atoms with E-state index in [4.69, 9.17) is 0 Å². The lowest BCUT2D eigenvalue weighted by Crippen LogP contribution is -2.64. The minimum absolute atomic E-state index is 0.0401. The Labute approximate surface area is 239 Å². The highest BCUT2D eigenvalue weighted by Crippen LogP contribution is 2.31. The smallest absolute Gasteiger partial charge is 0.407 e. The molecular weight excluding hydrogens is 523 g/mol. The van der Waals surface area contributed by atoms with E-state index in [2.05, 4.69) is 10.3 Å². The summed E-state index contributed by atoms with van der Waals surface area (Å²) in [6, 6.07) is 19.3. The summed E-state index contributed by atoms with van der Waals surface area (Å²) in [5, 5.41) is 12.9. The Morgan fingerprint density at radius 1 is 1.00 bits per heavy atom. The number of nitrogens with zero attached hydrogens (tertiary/aromatic N) is 3. The van der Waals surface area contributed by atoms with E-state index in [1.165, 1.54) is 23.2 Å². The Balaban J connectivity index is 1.15. The third-order valence-corrected chi connectivity index (χ3v) is 8.30. The van der Waals surface area contributed by atoms with Gasteiger partial charge in [-0.1, -0.05) is 42.5 Å². The first-order chi connectivity index (χ1) is 19.7. The first-order valence-corrected chi connectivity index (χ1v) is 14.1. The molecule has 1 saturated carbocycles. The van der Waals surface area contributed by atoms with Crippen LogP contribution in [0.4, 0.5) is 9.18 Å². The number of carbonyl (C=O) groups excluding carboxylic acids is 2. The lowest BCUT2D eigenvalue weighted by atomic mass is 9.83. The van der Waals surface area contributed by atoms with Crippen molar-refractivity contribution in [2.24, 2.45) is 5.92 Å². The summed E-state index contributed by atoms with van der Waals surface area (Å²) in [7, 11) is 0. The highest BCUT2D eigenvalue weighted by molar-refractivity contribution is 5.94.